The molecule has 0 radical (unpaired) electrons. The fraction of sp³-hybridized carbons (Fsp3) is 0.250. The molecule has 0 aromatic heterocycles. The van der Waals surface area contributed by atoms with E-state index in [1.165, 1.54) is 13.2 Å². The number of hydrogen-bond acceptors (Lipinski definition) is 4. The van der Waals surface area contributed by atoms with Crippen LogP contribution >= 0.6 is 0 Å². The maximum Gasteiger partial charge on any atom is 0.146 e. The number of aliphatic hydroxyl groups excluding tert-OH is 1. The number of halogens is 1. The lowest BCUT2D eigenvalue weighted by molar-refractivity contribution is 0.186. The molecular weight excluding hydrogens is 273 g/mol. The van der Waals surface area contributed by atoms with Gasteiger partial charge < -0.3 is 19.9 Å². The van der Waals surface area contributed by atoms with Crippen LogP contribution in [0, 0.1) is 5.82 Å². The summed E-state index contributed by atoms with van der Waals surface area (Å²) in [5.74, 6) is 0.816. The molecule has 4 nitrogen and oxygen atoms in total. The molecule has 0 spiro atoms. The molecule has 0 bridgehead atoms. The van der Waals surface area contributed by atoms with Gasteiger partial charge in [0.2, 0.25) is 0 Å². The van der Waals surface area contributed by atoms with Gasteiger partial charge in [0.05, 0.1) is 26.0 Å². The summed E-state index contributed by atoms with van der Waals surface area (Å²) in [7, 11) is 3.08. The Hall–Kier alpha value is -2.27. The SMILES string of the molecule is COc1ccc(OC)c(C(O)CNc2ccccc2F)c1. The first kappa shape index (κ1) is 15.1. The van der Waals surface area contributed by atoms with E-state index >= 15 is 0 Å². The van der Waals surface area contributed by atoms with Crippen LogP contribution in [0.2, 0.25) is 0 Å². The Kier molecular flexibility index (Phi) is 5.00. The van der Waals surface area contributed by atoms with Crippen molar-refractivity contribution < 1.29 is 19.0 Å². The van der Waals surface area contributed by atoms with Gasteiger partial charge in [0.1, 0.15) is 17.3 Å². The summed E-state index contributed by atoms with van der Waals surface area (Å²) in [6, 6.07) is 11.5. The zero-order valence-electron chi connectivity index (χ0n) is 12.0. The topological polar surface area (TPSA) is 50.7 Å². The van der Waals surface area contributed by atoms with E-state index in [1.807, 2.05) is 0 Å². The number of aliphatic hydroxyl groups is 1. The van der Waals surface area contributed by atoms with E-state index in [-0.39, 0.29) is 12.4 Å². The number of para-hydroxylation sites is 1. The van der Waals surface area contributed by atoms with Crippen molar-refractivity contribution in [2.45, 2.75) is 6.10 Å². The fourth-order valence-corrected chi connectivity index (χ4v) is 2.02. The van der Waals surface area contributed by atoms with Crippen molar-refractivity contribution in [3.05, 3.63) is 53.8 Å². The third kappa shape index (κ3) is 3.64. The Morgan fingerprint density at radius 3 is 2.57 bits per heavy atom. The maximum absolute atomic E-state index is 13.5. The van der Waals surface area contributed by atoms with Gasteiger partial charge in [0.15, 0.2) is 0 Å². The van der Waals surface area contributed by atoms with Crippen LogP contribution in [0.3, 0.4) is 0 Å². The van der Waals surface area contributed by atoms with E-state index in [1.54, 1.807) is 43.5 Å². The van der Waals surface area contributed by atoms with Gasteiger partial charge in [-0.05, 0) is 30.3 Å². The van der Waals surface area contributed by atoms with Gasteiger partial charge in [-0.3, -0.25) is 0 Å². The van der Waals surface area contributed by atoms with Gasteiger partial charge in [-0.1, -0.05) is 12.1 Å². The highest BCUT2D eigenvalue weighted by molar-refractivity contribution is 5.46. The van der Waals surface area contributed by atoms with Crippen LogP contribution in [0.15, 0.2) is 42.5 Å². The molecule has 0 fully saturated rings. The molecule has 1 atom stereocenters. The van der Waals surface area contributed by atoms with E-state index in [0.717, 1.165) is 0 Å². The standard InChI is InChI=1S/C16H18FNO3/c1-20-11-7-8-16(21-2)12(9-11)15(19)10-18-14-6-4-3-5-13(14)17/h3-9,15,18-19H,10H2,1-2H3. The normalized spacial score (nSPS) is 11.8. The zero-order valence-corrected chi connectivity index (χ0v) is 12.0. The van der Waals surface area contributed by atoms with Gasteiger partial charge in [-0.2, -0.15) is 0 Å². The van der Waals surface area contributed by atoms with Crippen LogP contribution < -0.4 is 14.8 Å². The average molecular weight is 291 g/mol. The molecule has 5 heteroatoms. The maximum atomic E-state index is 13.5. The molecule has 2 aromatic carbocycles. The number of ether oxygens (including phenoxy) is 2. The first-order chi connectivity index (χ1) is 10.2. The quantitative estimate of drug-likeness (QED) is 0.859. The second-order valence-electron chi connectivity index (χ2n) is 4.48. The highest BCUT2D eigenvalue weighted by Gasteiger charge is 2.15. The zero-order chi connectivity index (χ0) is 15.2. The second kappa shape index (κ2) is 6.95. The third-order valence-corrected chi connectivity index (χ3v) is 3.16. The van der Waals surface area contributed by atoms with Crippen LogP contribution in [0.25, 0.3) is 0 Å². The van der Waals surface area contributed by atoms with Gasteiger partial charge in [0, 0.05) is 12.1 Å². The lowest BCUT2D eigenvalue weighted by Gasteiger charge is -2.17. The molecule has 2 rings (SSSR count). The number of hydrogen-bond donors (Lipinski definition) is 2. The van der Waals surface area contributed by atoms with Crippen molar-refractivity contribution in [1.82, 2.24) is 0 Å². The number of methoxy groups -OCH3 is 2. The lowest BCUT2D eigenvalue weighted by atomic mass is 10.1. The number of benzene rings is 2. The second-order valence-corrected chi connectivity index (χ2v) is 4.48. The van der Waals surface area contributed by atoms with Gasteiger partial charge in [-0.25, -0.2) is 4.39 Å². The minimum Gasteiger partial charge on any atom is -0.497 e. The van der Waals surface area contributed by atoms with E-state index in [0.29, 0.717) is 22.7 Å². The Balaban J connectivity index is 2.13. The predicted octanol–water partition coefficient (Wildman–Crippen LogP) is 2.99. The van der Waals surface area contributed by atoms with Gasteiger partial charge in [0.25, 0.3) is 0 Å². The summed E-state index contributed by atoms with van der Waals surface area (Å²) < 4.78 is 23.9. The largest absolute Gasteiger partial charge is 0.497 e. The molecule has 0 aliphatic rings. The lowest BCUT2D eigenvalue weighted by Crippen LogP contribution is -2.14. The van der Waals surface area contributed by atoms with Crippen molar-refractivity contribution >= 4 is 5.69 Å². The average Bonchev–Trinajstić information content (AvgIpc) is 2.53. The van der Waals surface area contributed by atoms with Crippen LogP contribution in [0.4, 0.5) is 10.1 Å². The minimum atomic E-state index is -0.852. The first-order valence-corrected chi connectivity index (χ1v) is 6.54. The molecule has 0 aliphatic carbocycles. The summed E-state index contributed by atoms with van der Waals surface area (Å²) in [6.07, 6.45) is -0.852. The van der Waals surface area contributed by atoms with Crippen molar-refractivity contribution in [2.24, 2.45) is 0 Å². The van der Waals surface area contributed by atoms with Crippen molar-refractivity contribution in [3.8, 4) is 11.5 Å². The highest BCUT2D eigenvalue weighted by atomic mass is 19.1. The molecule has 21 heavy (non-hydrogen) atoms. The van der Waals surface area contributed by atoms with Crippen molar-refractivity contribution in [1.29, 1.82) is 0 Å². The molecular formula is C16H18FNO3. The molecule has 0 saturated heterocycles. The summed E-state index contributed by atoms with van der Waals surface area (Å²) >= 11 is 0. The molecule has 1 unspecified atom stereocenters. The summed E-state index contributed by atoms with van der Waals surface area (Å²) in [5, 5.41) is 13.2. The predicted molar refractivity (Wildman–Crippen MR) is 79.4 cm³/mol. The fourth-order valence-electron chi connectivity index (χ4n) is 2.02. The van der Waals surface area contributed by atoms with E-state index in [9.17, 15) is 9.50 Å². The monoisotopic (exact) mass is 291 g/mol. The molecule has 112 valence electrons. The highest BCUT2D eigenvalue weighted by Crippen LogP contribution is 2.29. The van der Waals surface area contributed by atoms with E-state index < -0.39 is 6.10 Å². The molecule has 0 amide bonds. The summed E-state index contributed by atoms with van der Waals surface area (Å²) in [5.41, 5.74) is 0.930. The Morgan fingerprint density at radius 1 is 1.14 bits per heavy atom. The van der Waals surface area contributed by atoms with Crippen LogP contribution in [0.5, 0.6) is 11.5 Å². The molecule has 0 heterocycles. The van der Waals surface area contributed by atoms with Crippen molar-refractivity contribution in [2.75, 3.05) is 26.1 Å². The molecule has 2 N–H and O–H groups in total. The third-order valence-electron chi connectivity index (χ3n) is 3.16. The minimum absolute atomic E-state index is 0.157. The molecule has 0 aliphatic heterocycles. The van der Waals surface area contributed by atoms with E-state index in [4.69, 9.17) is 9.47 Å². The van der Waals surface area contributed by atoms with Crippen LogP contribution in [-0.2, 0) is 0 Å². The van der Waals surface area contributed by atoms with Crippen LogP contribution in [-0.4, -0.2) is 25.9 Å². The van der Waals surface area contributed by atoms with Crippen LogP contribution in [0.1, 0.15) is 11.7 Å². The number of anilines is 1. The van der Waals surface area contributed by atoms with E-state index in [2.05, 4.69) is 5.32 Å². The van der Waals surface area contributed by atoms with Gasteiger partial charge in [-0.15, -0.1) is 0 Å². The van der Waals surface area contributed by atoms with Gasteiger partial charge >= 0.3 is 0 Å². The first-order valence-electron chi connectivity index (χ1n) is 6.54. The Labute approximate surface area is 123 Å². The summed E-state index contributed by atoms with van der Waals surface area (Å²) in [4.78, 5) is 0. The number of nitrogens with one attached hydrogen (secondary N) is 1. The molecule has 0 saturated carbocycles. The smallest absolute Gasteiger partial charge is 0.146 e. The Bertz CT molecular complexity index is 604. The summed E-state index contributed by atoms with van der Waals surface area (Å²) in [6.45, 7) is 0.157. The van der Waals surface area contributed by atoms with Crippen molar-refractivity contribution in [3.63, 3.8) is 0 Å². The number of rotatable bonds is 6. The Morgan fingerprint density at radius 2 is 1.90 bits per heavy atom. The molecule has 2 aromatic rings.